The molecule has 17 heteroatoms. The van der Waals surface area contributed by atoms with E-state index in [1.165, 1.54) is 44.2 Å². The largest absolute Gasteiger partial charge is 0.497 e. The number of para-hydroxylation sites is 7. The lowest BCUT2D eigenvalue weighted by Crippen LogP contribution is -2.66. The van der Waals surface area contributed by atoms with Crippen LogP contribution in [0.2, 0.25) is 38.3 Å². The summed E-state index contributed by atoms with van der Waals surface area (Å²) in [6.07, 6.45) is 1.11. The second-order valence-electron chi connectivity index (χ2n) is 37.3. The second-order valence-corrected chi connectivity index (χ2v) is 54.7. The number of nitriles is 2. The van der Waals surface area contributed by atoms with Gasteiger partial charge in [0.05, 0.1) is 72.7 Å². The van der Waals surface area contributed by atoms with E-state index in [4.69, 9.17) is 42.5 Å². The van der Waals surface area contributed by atoms with Crippen LogP contribution in [0.1, 0.15) is 127 Å². The van der Waals surface area contributed by atoms with Gasteiger partial charge in [0, 0.05) is 78.4 Å². The van der Waals surface area contributed by atoms with E-state index in [9.17, 15) is 5.26 Å². The zero-order valence-corrected chi connectivity index (χ0v) is 88.9. The molecule has 0 unspecified atom stereocenters. The summed E-state index contributed by atoms with van der Waals surface area (Å²) in [6.45, 7) is 45.2. The molecule has 3 aliphatic rings. The molecule has 16 aromatic carbocycles. The van der Waals surface area contributed by atoms with E-state index >= 15 is 0 Å². The Labute approximate surface area is 865 Å². The lowest BCUT2D eigenvalue weighted by atomic mass is 9.93. The maximum atomic E-state index is 9.47. The highest BCUT2D eigenvalue weighted by Gasteiger charge is 2.53. The molecule has 3 radical (unpaired) electrons. The van der Waals surface area contributed by atoms with Gasteiger partial charge in [-0.1, -0.05) is 392 Å². The minimum atomic E-state index is -2.18. The number of hydrogen-bond donors (Lipinski definition) is 0. The summed E-state index contributed by atoms with van der Waals surface area (Å²) >= 11 is 14.0. The molecule has 0 N–H and O–H groups in total. The van der Waals surface area contributed by atoms with Crippen molar-refractivity contribution in [2.24, 2.45) is 0 Å². The number of rotatable bonds is 19. The quantitative estimate of drug-likeness (QED) is 0.0589. The molecule has 0 fully saturated rings. The van der Waals surface area contributed by atoms with Gasteiger partial charge in [-0.25, -0.2) is 9.69 Å². The van der Waals surface area contributed by atoms with Crippen molar-refractivity contribution in [2.45, 2.75) is 143 Å². The van der Waals surface area contributed by atoms with Gasteiger partial charge in [0.25, 0.3) is 0 Å². The number of halogens is 4. The molecule has 0 amide bonds. The predicted octanol–water partition coefficient (Wildman–Crippen LogP) is 32.6. The van der Waals surface area contributed by atoms with E-state index in [0.29, 0.717) is 49.7 Å². The Kier molecular flexibility index (Phi) is 35.3. The lowest BCUT2D eigenvalue weighted by molar-refractivity contribution is 0.414. The Bertz CT molecular complexity index is 6830. The van der Waals surface area contributed by atoms with Crippen LogP contribution in [0.5, 0.6) is 11.5 Å². The van der Waals surface area contributed by atoms with Crippen LogP contribution in [0.25, 0.3) is 54.2 Å². The zero-order valence-electron chi connectivity index (χ0n) is 83.9. The third-order valence-electron chi connectivity index (χ3n) is 28.0. The average molecular weight is 2050 g/mol. The molecule has 0 saturated heterocycles. The molecule has 0 atom stereocenters. The summed E-state index contributed by atoms with van der Waals surface area (Å²) in [7, 11) is -2.37. The van der Waals surface area contributed by atoms with Crippen LogP contribution >= 0.6 is 43.5 Å². The number of hydrogen-bond acceptors (Lipinski definition) is 7. The molecule has 141 heavy (non-hydrogen) atoms. The van der Waals surface area contributed by atoms with Crippen LogP contribution in [-0.4, -0.2) is 46.9 Å². The molecule has 0 aliphatic carbocycles. The smallest absolute Gasteiger partial charge is 0.187 e. The number of benzene rings is 16. The normalized spacial score (nSPS) is 12.7. The van der Waals surface area contributed by atoms with Gasteiger partial charge in [0.15, 0.2) is 11.4 Å². The molecular formula is C124H123BBr2ClFN7O2Si3. The summed E-state index contributed by atoms with van der Waals surface area (Å²) in [5.41, 5.74) is 28.6. The van der Waals surface area contributed by atoms with Gasteiger partial charge >= 0.3 is 0 Å². The number of fused-ring (bicyclic) bond motifs is 6. The predicted molar refractivity (Wildman–Crippen MR) is 614 cm³/mol. The Hall–Kier alpha value is -13.6. The van der Waals surface area contributed by atoms with Crippen molar-refractivity contribution in [3.63, 3.8) is 0 Å². The Morgan fingerprint density at radius 1 is 0.376 bits per heavy atom. The summed E-state index contributed by atoms with van der Waals surface area (Å²) < 4.78 is 22.7. The van der Waals surface area contributed by atoms with Gasteiger partial charge in [-0.2, -0.15) is 10.5 Å². The summed E-state index contributed by atoms with van der Waals surface area (Å²) in [5.74, 6) is 1.77. The van der Waals surface area contributed by atoms with Crippen LogP contribution in [0.3, 0.4) is 0 Å². The maximum Gasteiger partial charge on any atom is 0.187 e. The van der Waals surface area contributed by atoms with E-state index < -0.39 is 24.2 Å². The first-order valence-electron chi connectivity index (χ1n) is 48.4. The summed E-state index contributed by atoms with van der Waals surface area (Å²) in [4.78, 5) is 14.3. The van der Waals surface area contributed by atoms with Crippen molar-refractivity contribution in [3.8, 4) is 68.1 Å². The van der Waals surface area contributed by atoms with Gasteiger partial charge < -0.3 is 24.2 Å². The van der Waals surface area contributed by atoms with Crippen molar-refractivity contribution in [1.82, 2.24) is 0 Å². The lowest BCUT2D eigenvalue weighted by Gasteiger charge is -2.49. The highest BCUT2D eigenvalue weighted by atomic mass is 79.9. The van der Waals surface area contributed by atoms with E-state index in [1.54, 1.807) is 70.4 Å². The average Bonchev–Trinajstić information content (AvgIpc) is 0.692. The van der Waals surface area contributed by atoms with E-state index in [1.807, 2.05) is 103 Å². The first-order valence-corrected chi connectivity index (χ1v) is 55.9. The fourth-order valence-electron chi connectivity index (χ4n) is 21.9. The standard InChI is InChI=1S/C38H33N3Si.C26H31NOSi.C20H17Br2NO.C20H11ClN2.C19H24Si.CH4.B.FH.H2/c1-26(2)42(27(3)4)36-15-8-6-13-34(36)41(35-14-7-9-16-37(35)42)38-32(29-19-17-28(25-39)18-20-29)11-10-12-33(38)30-21-23-31(40-5)24-22-30;1-19(2)29(20(3)4)25-12-8-6-10-23(25)27(24-11-7-9-13-26(24)29)18-21-14-16-22(28-5)17-15-21;1-24-16-12-10-15(11-13-16)14-23(19-8-4-2-6-17(19)21)20-9-5-3-7-18(20)22;1-23-17-11-9-16(10-12-17)19-4-2-3-18(20(19)21)15-7-5-14(13-22)6-8-15;1-14(2)20(15(3)4)18-11-7-5-9-16(18)13-17-10-6-8-12-19(17)20;;;;/h6-24,26-27H,1-4H3;6-17,19-20H,18H2,1-5H3;2-13H,14H2,1H3;2-12H;5-12,14-15H,13H2,1-4H3;1H4;;2*1H/i;;;;;;;;1+1D. The van der Waals surface area contributed by atoms with E-state index in [2.05, 4.69) is 400 Å². The molecule has 0 spiro atoms. The van der Waals surface area contributed by atoms with Gasteiger partial charge in [-0.15, -0.1) is 0 Å². The Balaban J connectivity index is 0.000000173. The fraction of sp³-hybridized carbons (Fsp3) is 0.194. The number of anilines is 7. The van der Waals surface area contributed by atoms with Crippen molar-refractivity contribution in [1.29, 1.82) is 10.5 Å². The SMILES string of the molecule is C.CC(C)[Si]1(C(C)C)c2ccccc2Cc2ccccc21.COc1ccc(CN(c2ccccc2Br)c2ccccc2Br)cc1.COc1ccc(CN2c3ccccc3[Si](C(C)C)(C(C)C)c3ccccc32)cc1.F.[2H][2H].[B].[C-]#[N+]c1ccc(-c2cccc(-c3ccc(C#N)cc3)c2Cl)cc1.[C-]#[N+]c1ccc(-c2cccc(-c3ccc(C#N)cc3)c2N2c3ccccc3[Si](C(C)C)(C(C)C)c3ccccc32)cc1. The molecule has 709 valence electrons. The van der Waals surface area contributed by atoms with Crippen molar-refractivity contribution >= 4 is 158 Å². The van der Waals surface area contributed by atoms with E-state index in [0.717, 1.165) is 113 Å². The van der Waals surface area contributed by atoms with Crippen LogP contribution in [-0.2, 0) is 19.5 Å². The maximum absolute atomic E-state index is 9.47. The van der Waals surface area contributed by atoms with Crippen LogP contribution < -0.4 is 55.3 Å². The Morgan fingerprint density at radius 2 is 0.667 bits per heavy atom. The van der Waals surface area contributed by atoms with Crippen LogP contribution in [0, 0.1) is 35.8 Å². The summed E-state index contributed by atoms with van der Waals surface area (Å²) in [5, 5.41) is 28.5. The molecule has 3 aliphatic heterocycles. The first-order chi connectivity index (χ1) is 67.9. The molecule has 0 saturated carbocycles. The van der Waals surface area contributed by atoms with Gasteiger partial charge in [0.2, 0.25) is 0 Å². The van der Waals surface area contributed by atoms with Crippen LogP contribution in [0.15, 0.2) is 385 Å². The number of methoxy groups -OCH3 is 2. The fourth-order valence-corrected chi connectivity index (χ4v) is 41.8. The number of ether oxygens (including phenoxy) is 2. The highest BCUT2D eigenvalue weighted by molar-refractivity contribution is 9.11. The molecule has 19 rings (SSSR count). The highest BCUT2D eigenvalue weighted by Crippen LogP contribution is 2.52. The van der Waals surface area contributed by atoms with Crippen LogP contribution in [0.4, 0.5) is 55.9 Å². The third-order valence-corrected chi connectivity index (χ3v) is 48.7. The molecule has 0 bridgehead atoms. The van der Waals surface area contributed by atoms with Crippen molar-refractivity contribution in [3.05, 3.63) is 446 Å². The Morgan fingerprint density at radius 3 is 1.01 bits per heavy atom. The topological polar surface area (TPSA) is 84.5 Å². The van der Waals surface area contributed by atoms with Crippen molar-refractivity contribution < 1.29 is 17.1 Å². The van der Waals surface area contributed by atoms with Crippen molar-refractivity contribution in [2.75, 3.05) is 28.9 Å². The molecular weight excluding hydrogens is 1930 g/mol. The first kappa shape index (κ1) is 105. The summed E-state index contributed by atoms with van der Waals surface area (Å²) in [6, 6.07) is 135. The third kappa shape index (κ3) is 21.4. The molecule has 0 aromatic heterocycles. The zero-order chi connectivity index (χ0) is 99.5. The van der Waals surface area contributed by atoms with E-state index in [-0.39, 0.29) is 20.5 Å². The minimum absolute atomic E-state index is 0. The monoisotopic (exact) mass is 2050 g/mol. The number of nitrogens with zero attached hydrogens (tertiary/aromatic N) is 7. The second kappa shape index (κ2) is 47.6. The van der Waals surface area contributed by atoms with Gasteiger partial charge in [0.1, 0.15) is 35.7 Å². The van der Waals surface area contributed by atoms with Gasteiger partial charge in [-0.3, -0.25) is 4.70 Å². The molecule has 16 aromatic rings. The van der Waals surface area contributed by atoms with Gasteiger partial charge in [-0.05, 0) is 234 Å². The molecule has 3 heterocycles. The minimum Gasteiger partial charge on any atom is -0.497 e. The molecule has 9 nitrogen and oxygen atoms in total.